The highest BCUT2D eigenvalue weighted by Gasteiger charge is 2.50. The zero-order valence-electron chi connectivity index (χ0n) is 16.3. The molecule has 4 rings (SSSR count). The molecule has 0 aliphatic carbocycles. The second-order valence-electron chi connectivity index (χ2n) is 8.80. The van der Waals surface area contributed by atoms with Gasteiger partial charge in [0.2, 0.25) is 0 Å². The Balaban J connectivity index is 0.00000210. The first-order valence-corrected chi connectivity index (χ1v) is 9.92. The van der Waals surface area contributed by atoms with E-state index in [0.717, 1.165) is 29.6 Å². The van der Waals surface area contributed by atoms with Gasteiger partial charge in [0.25, 0.3) is 0 Å². The maximum atomic E-state index is 10.4. The van der Waals surface area contributed by atoms with Crippen molar-refractivity contribution in [3.05, 3.63) is 71.8 Å². The van der Waals surface area contributed by atoms with Crippen molar-refractivity contribution in [2.24, 2.45) is 5.92 Å². The van der Waals surface area contributed by atoms with Crippen LogP contribution < -0.4 is 24.0 Å². The Morgan fingerprint density at radius 1 is 0.889 bits per heavy atom. The van der Waals surface area contributed by atoms with Gasteiger partial charge in [-0.05, 0) is 23.5 Å². The second kappa shape index (κ2) is 7.93. The van der Waals surface area contributed by atoms with Crippen LogP contribution in [0.2, 0.25) is 0 Å². The third kappa shape index (κ3) is 3.54. The smallest absolute Gasteiger partial charge is 0.107 e. The molecule has 2 nitrogen and oxygen atoms in total. The molecule has 2 heterocycles. The van der Waals surface area contributed by atoms with E-state index >= 15 is 0 Å². The van der Waals surface area contributed by atoms with E-state index in [2.05, 4.69) is 68.7 Å². The third-order valence-corrected chi connectivity index (χ3v) is 7.25. The standard InChI is InChI=1S/C24H29N2.HI/c1-26(2)22-13-14-23(26)16-19(15-22)17-24(18-25,20-9-5-3-6-10-20)21-11-7-4-8-12-21;/h3-12,19,22-23H,13-17H2,1-2H3;1H/q+1;/p-1. The normalized spacial score (nSPS) is 26.0. The lowest BCUT2D eigenvalue weighted by atomic mass is 9.67. The lowest BCUT2D eigenvalue weighted by Crippen LogP contribution is -3.00. The van der Waals surface area contributed by atoms with Crippen LogP contribution in [0, 0.1) is 17.2 Å². The van der Waals surface area contributed by atoms with Gasteiger partial charge in [-0.15, -0.1) is 0 Å². The van der Waals surface area contributed by atoms with E-state index < -0.39 is 5.41 Å². The van der Waals surface area contributed by atoms with E-state index in [4.69, 9.17) is 0 Å². The number of rotatable bonds is 4. The number of fused-ring (bicyclic) bond motifs is 2. The molecule has 2 unspecified atom stereocenters. The van der Waals surface area contributed by atoms with Crippen molar-refractivity contribution >= 4 is 0 Å². The Kier molecular flexibility index (Phi) is 5.98. The maximum Gasteiger partial charge on any atom is 0.107 e. The van der Waals surface area contributed by atoms with Crippen LogP contribution in [0.4, 0.5) is 0 Å². The summed E-state index contributed by atoms with van der Waals surface area (Å²) in [6.07, 6.45) is 6.15. The van der Waals surface area contributed by atoms with Crippen LogP contribution in [-0.4, -0.2) is 30.7 Å². The summed E-state index contributed by atoms with van der Waals surface area (Å²) < 4.78 is 1.19. The quantitative estimate of drug-likeness (QED) is 0.493. The van der Waals surface area contributed by atoms with Crippen molar-refractivity contribution in [3.63, 3.8) is 0 Å². The lowest BCUT2D eigenvalue weighted by Gasteiger charge is -2.45. The Bertz CT molecular complexity index is 739. The number of nitriles is 1. The van der Waals surface area contributed by atoms with E-state index in [9.17, 15) is 5.26 Å². The van der Waals surface area contributed by atoms with E-state index in [0.29, 0.717) is 5.92 Å². The predicted octanol–water partition coefficient (Wildman–Crippen LogP) is 1.91. The fraction of sp³-hybridized carbons (Fsp3) is 0.458. The third-order valence-electron chi connectivity index (χ3n) is 7.25. The molecular formula is C24H29IN2. The van der Waals surface area contributed by atoms with Gasteiger partial charge in [-0.2, -0.15) is 5.26 Å². The van der Waals surface area contributed by atoms with E-state index in [1.165, 1.54) is 30.2 Å². The molecule has 0 aromatic heterocycles. The molecule has 0 radical (unpaired) electrons. The van der Waals surface area contributed by atoms with Crippen LogP contribution in [0.1, 0.15) is 43.2 Å². The average Bonchev–Trinajstić information content (AvgIpc) is 2.85. The van der Waals surface area contributed by atoms with Crippen molar-refractivity contribution < 1.29 is 28.5 Å². The van der Waals surface area contributed by atoms with E-state index in [-0.39, 0.29) is 24.0 Å². The first-order valence-electron chi connectivity index (χ1n) is 9.92. The fourth-order valence-corrected chi connectivity index (χ4v) is 5.62. The van der Waals surface area contributed by atoms with Gasteiger partial charge < -0.3 is 28.5 Å². The Morgan fingerprint density at radius 2 is 1.33 bits per heavy atom. The molecule has 2 aliphatic rings. The number of benzene rings is 2. The summed E-state index contributed by atoms with van der Waals surface area (Å²) in [5.74, 6) is 0.624. The molecule has 2 atom stereocenters. The highest BCUT2D eigenvalue weighted by atomic mass is 127. The average molecular weight is 472 g/mol. The van der Waals surface area contributed by atoms with Gasteiger partial charge in [-0.25, -0.2) is 0 Å². The SMILES string of the molecule is C[N+]1(C)C2CCC1CC(CC(C#N)(c1ccccc1)c1ccccc1)C2.[I-]. The van der Waals surface area contributed by atoms with Crippen molar-refractivity contribution in [1.29, 1.82) is 5.26 Å². The maximum absolute atomic E-state index is 10.4. The summed E-state index contributed by atoms with van der Waals surface area (Å²) in [7, 11) is 4.81. The van der Waals surface area contributed by atoms with Gasteiger partial charge in [0.05, 0.1) is 32.2 Å². The van der Waals surface area contributed by atoms with Crippen LogP contribution in [0.25, 0.3) is 0 Å². The minimum atomic E-state index is -0.541. The number of halogens is 1. The van der Waals surface area contributed by atoms with Crippen LogP contribution in [-0.2, 0) is 5.41 Å². The molecule has 2 fully saturated rings. The van der Waals surface area contributed by atoms with E-state index in [1.807, 2.05) is 12.1 Å². The van der Waals surface area contributed by atoms with Gasteiger partial charge in [0.1, 0.15) is 5.41 Å². The minimum Gasteiger partial charge on any atom is -1.00 e. The van der Waals surface area contributed by atoms with E-state index in [1.54, 1.807) is 0 Å². The van der Waals surface area contributed by atoms with Gasteiger partial charge in [-0.1, -0.05) is 60.7 Å². The Morgan fingerprint density at radius 3 is 1.74 bits per heavy atom. The summed E-state index contributed by atoms with van der Waals surface area (Å²) in [6, 6.07) is 25.2. The molecule has 0 saturated carbocycles. The van der Waals surface area contributed by atoms with Crippen molar-refractivity contribution in [2.45, 2.75) is 49.6 Å². The van der Waals surface area contributed by atoms with Crippen LogP contribution in [0.15, 0.2) is 60.7 Å². The first kappa shape index (κ1) is 20.4. The number of piperidine rings is 1. The number of hydrogen-bond acceptors (Lipinski definition) is 1. The molecule has 0 N–H and O–H groups in total. The highest BCUT2D eigenvalue weighted by molar-refractivity contribution is 5.45. The Hall–Kier alpha value is -1.38. The van der Waals surface area contributed by atoms with Gasteiger partial charge in [-0.3, -0.25) is 0 Å². The fourth-order valence-electron chi connectivity index (χ4n) is 5.62. The summed E-state index contributed by atoms with van der Waals surface area (Å²) >= 11 is 0. The van der Waals surface area contributed by atoms with Gasteiger partial charge >= 0.3 is 0 Å². The van der Waals surface area contributed by atoms with Crippen molar-refractivity contribution in [1.82, 2.24) is 0 Å². The van der Waals surface area contributed by atoms with Crippen LogP contribution in [0.5, 0.6) is 0 Å². The zero-order chi connectivity index (χ0) is 18.2. The zero-order valence-corrected chi connectivity index (χ0v) is 18.5. The number of quaternary nitrogens is 1. The van der Waals surface area contributed by atoms with Crippen molar-refractivity contribution in [3.8, 4) is 6.07 Å². The summed E-state index contributed by atoms with van der Waals surface area (Å²) in [5.41, 5.74) is 1.74. The molecule has 2 bridgehead atoms. The van der Waals surface area contributed by atoms with Gasteiger partial charge in [0, 0.05) is 25.7 Å². The second-order valence-corrected chi connectivity index (χ2v) is 8.80. The minimum absolute atomic E-state index is 0. The van der Waals surface area contributed by atoms with Crippen molar-refractivity contribution in [2.75, 3.05) is 14.1 Å². The summed E-state index contributed by atoms with van der Waals surface area (Å²) in [5, 5.41) is 10.4. The molecule has 0 amide bonds. The highest BCUT2D eigenvalue weighted by Crippen LogP contribution is 2.47. The topological polar surface area (TPSA) is 23.8 Å². The molecule has 2 aliphatic heterocycles. The molecule has 2 aromatic rings. The molecule has 2 saturated heterocycles. The molecule has 2 aromatic carbocycles. The lowest BCUT2D eigenvalue weighted by molar-refractivity contribution is -0.931. The summed E-state index contributed by atoms with van der Waals surface area (Å²) in [4.78, 5) is 0. The molecular weight excluding hydrogens is 443 g/mol. The largest absolute Gasteiger partial charge is 1.00 e. The van der Waals surface area contributed by atoms with Crippen LogP contribution >= 0.6 is 0 Å². The molecule has 3 heteroatoms. The summed E-state index contributed by atoms with van der Waals surface area (Å²) in [6.45, 7) is 0. The number of hydrogen-bond donors (Lipinski definition) is 0. The van der Waals surface area contributed by atoms with Crippen LogP contribution in [0.3, 0.4) is 0 Å². The Labute approximate surface area is 180 Å². The molecule has 0 spiro atoms. The van der Waals surface area contributed by atoms with Gasteiger partial charge in [0.15, 0.2) is 0 Å². The first-order chi connectivity index (χ1) is 12.6. The molecule has 142 valence electrons. The predicted molar refractivity (Wildman–Crippen MR) is 106 cm³/mol. The monoisotopic (exact) mass is 472 g/mol. The number of nitrogens with zero attached hydrogens (tertiary/aromatic N) is 2. The molecule has 27 heavy (non-hydrogen) atoms.